The molecule has 176 valence electrons. The van der Waals surface area contributed by atoms with E-state index in [1.807, 2.05) is 0 Å². The molecule has 1 atom stereocenters. The van der Waals surface area contributed by atoms with Crippen molar-refractivity contribution in [3.8, 4) is 5.75 Å². The molecule has 2 aromatic rings. The zero-order valence-electron chi connectivity index (χ0n) is 18.8. The van der Waals surface area contributed by atoms with Gasteiger partial charge in [0.2, 0.25) is 20.0 Å². The normalized spacial score (nSPS) is 12.9. The first-order valence-electron chi connectivity index (χ1n) is 10.0. The van der Waals surface area contributed by atoms with Crippen LogP contribution in [0.3, 0.4) is 0 Å². The molecule has 1 N–H and O–H groups in total. The van der Waals surface area contributed by atoms with Crippen LogP contribution >= 0.6 is 0 Å². The van der Waals surface area contributed by atoms with Gasteiger partial charge in [-0.25, -0.2) is 16.8 Å². The van der Waals surface area contributed by atoms with Gasteiger partial charge < -0.3 is 10.1 Å². The highest BCUT2D eigenvalue weighted by atomic mass is 32.2. The van der Waals surface area contributed by atoms with E-state index in [1.54, 1.807) is 45.0 Å². The van der Waals surface area contributed by atoms with E-state index in [0.29, 0.717) is 30.2 Å². The van der Waals surface area contributed by atoms with Crippen LogP contribution in [-0.4, -0.2) is 59.5 Å². The summed E-state index contributed by atoms with van der Waals surface area (Å²) < 4.78 is 56.4. The topological polar surface area (TPSA) is 113 Å². The lowest BCUT2D eigenvalue weighted by Gasteiger charge is -2.19. The van der Waals surface area contributed by atoms with Crippen molar-refractivity contribution in [1.82, 2.24) is 4.31 Å². The lowest BCUT2D eigenvalue weighted by Crippen LogP contribution is -2.31. The molecule has 32 heavy (non-hydrogen) atoms. The van der Waals surface area contributed by atoms with Crippen LogP contribution < -0.4 is 14.4 Å². The molecular formula is C21H29N3O6S2. The van der Waals surface area contributed by atoms with E-state index in [0.717, 1.165) is 10.6 Å². The Bertz CT molecular complexity index is 1130. The Labute approximate surface area is 190 Å². The molecular weight excluding hydrogens is 454 g/mol. The Morgan fingerprint density at radius 2 is 1.50 bits per heavy atom. The minimum absolute atomic E-state index is 0.155. The molecule has 0 radical (unpaired) electrons. The summed E-state index contributed by atoms with van der Waals surface area (Å²) in [6.45, 7) is 5.86. The highest BCUT2D eigenvalue weighted by Gasteiger charge is 2.22. The zero-order chi connectivity index (χ0) is 24.1. The molecule has 1 unspecified atom stereocenters. The molecule has 0 aliphatic carbocycles. The third kappa shape index (κ3) is 6.21. The maximum atomic E-state index is 12.5. The molecule has 0 fully saturated rings. The Morgan fingerprint density at radius 1 is 0.969 bits per heavy atom. The number of ether oxygens (including phenoxy) is 1. The van der Waals surface area contributed by atoms with Crippen molar-refractivity contribution in [3.63, 3.8) is 0 Å². The highest BCUT2D eigenvalue weighted by Crippen LogP contribution is 2.22. The molecule has 0 saturated carbocycles. The number of amides is 1. The fourth-order valence-electron chi connectivity index (χ4n) is 2.85. The Kier molecular flexibility index (Phi) is 8.27. The maximum Gasteiger partial charge on any atom is 0.265 e. The van der Waals surface area contributed by atoms with E-state index in [9.17, 15) is 21.6 Å². The summed E-state index contributed by atoms with van der Waals surface area (Å²) in [4.78, 5) is 12.6. The summed E-state index contributed by atoms with van der Waals surface area (Å²) in [6, 6.07) is 12.3. The maximum absolute atomic E-state index is 12.5. The van der Waals surface area contributed by atoms with Crippen LogP contribution in [0.1, 0.15) is 20.8 Å². The number of carbonyl (C=O) groups is 1. The third-order valence-corrected chi connectivity index (χ3v) is 8.11. The van der Waals surface area contributed by atoms with Crippen molar-refractivity contribution < 1.29 is 26.4 Å². The Morgan fingerprint density at radius 3 is 1.97 bits per heavy atom. The van der Waals surface area contributed by atoms with Gasteiger partial charge in [-0.15, -0.1) is 0 Å². The van der Waals surface area contributed by atoms with E-state index < -0.39 is 32.1 Å². The number of nitrogens with one attached hydrogen (secondary N) is 1. The summed E-state index contributed by atoms with van der Waals surface area (Å²) in [5.41, 5.74) is 0.908. The number of anilines is 2. The standard InChI is InChI=1S/C21H29N3O6S2/c1-6-24(7-2)32(28,29)20-14-8-17(9-15-20)22-21(25)16(3)30-19-12-10-18(11-13-19)23(4)31(5,26)27/h8-16H,6-7H2,1-5H3,(H,22,25). The predicted octanol–water partition coefficient (Wildman–Crippen LogP) is 2.52. The number of hydrogen-bond acceptors (Lipinski definition) is 6. The van der Waals surface area contributed by atoms with Gasteiger partial charge in [-0.2, -0.15) is 4.31 Å². The van der Waals surface area contributed by atoms with Crippen LogP contribution in [0, 0.1) is 0 Å². The molecule has 0 aliphatic rings. The summed E-state index contributed by atoms with van der Waals surface area (Å²) in [5, 5.41) is 2.69. The second kappa shape index (κ2) is 10.3. The number of rotatable bonds is 10. The first-order chi connectivity index (χ1) is 14.9. The molecule has 2 rings (SSSR count). The average Bonchev–Trinajstić information content (AvgIpc) is 2.74. The second-order valence-corrected chi connectivity index (χ2v) is 11.0. The van der Waals surface area contributed by atoms with Crippen molar-refractivity contribution >= 4 is 37.3 Å². The number of sulfonamides is 2. The molecule has 1 amide bonds. The van der Waals surface area contributed by atoms with Gasteiger partial charge in [-0.3, -0.25) is 9.10 Å². The van der Waals surface area contributed by atoms with Gasteiger partial charge in [0.1, 0.15) is 5.75 Å². The monoisotopic (exact) mass is 483 g/mol. The van der Waals surface area contributed by atoms with E-state index in [2.05, 4.69) is 5.32 Å². The van der Waals surface area contributed by atoms with Crippen molar-refractivity contribution in [2.45, 2.75) is 31.8 Å². The van der Waals surface area contributed by atoms with Gasteiger partial charge >= 0.3 is 0 Å². The van der Waals surface area contributed by atoms with Crippen molar-refractivity contribution in [3.05, 3.63) is 48.5 Å². The molecule has 0 heterocycles. The van der Waals surface area contributed by atoms with E-state index in [4.69, 9.17) is 4.74 Å². The van der Waals surface area contributed by atoms with E-state index in [1.165, 1.54) is 35.6 Å². The lowest BCUT2D eigenvalue weighted by atomic mass is 10.3. The molecule has 0 aliphatic heterocycles. The number of benzene rings is 2. The fraction of sp³-hybridized carbons (Fsp3) is 0.381. The molecule has 2 aromatic carbocycles. The molecule has 0 bridgehead atoms. The van der Waals surface area contributed by atoms with Crippen LogP contribution in [-0.2, 0) is 24.8 Å². The number of hydrogen-bond donors (Lipinski definition) is 1. The van der Waals surface area contributed by atoms with Gasteiger partial charge in [0.25, 0.3) is 5.91 Å². The quantitative estimate of drug-likeness (QED) is 0.556. The zero-order valence-corrected chi connectivity index (χ0v) is 20.4. The summed E-state index contributed by atoms with van der Waals surface area (Å²) in [7, 11) is -5.50. The average molecular weight is 484 g/mol. The molecule has 11 heteroatoms. The van der Waals surface area contributed by atoms with Gasteiger partial charge in [0, 0.05) is 25.8 Å². The van der Waals surface area contributed by atoms with Crippen molar-refractivity contribution in [1.29, 1.82) is 0 Å². The Balaban J connectivity index is 2.02. The van der Waals surface area contributed by atoms with Crippen molar-refractivity contribution in [2.24, 2.45) is 0 Å². The summed E-state index contributed by atoms with van der Waals surface area (Å²) in [5.74, 6) is -0.0133. The molecule has 9 nitrogen and oxygen atoms in total. The number of nitrogens with zero attached hydrogens (tertiary/aromatic N) is 2. The fourth-order valence-corrected chi connectivity index (χ4v) is 4.81. The summed E-state index contributed by atoms with van der Waals surface area (Å²) in [6.07, 6.45) is 0.266. The van der Waals surface area contributed by atoms with Crippen LogP contribution in [0.15, 0.2) is 53.4 Å². The first kappa shape index (κ1) is 25.6. The predicted molar refractivity (Wildman–Crippen MR) is 125 cm³/mol. The second-order valence-electron chi connectivity index (χ2n) is 7.09. The summed E-state index contributed by atoms with van der Waals surface area (Å²) >= 11 is 0. The molecule has 0 spiro atoms. The van der Waals surface area contributed by atoms with Crippen LogP contribution in [0.2, 0.25) is 0 Å². The van der Waals surface area contributed by atoms with Crippen molar-refractivity contribution in [2.75, 3.05) is 36.0 Å². The van der Waals surface area contributed by atoms with Gasteiger partial charge in [0.05, 0.1) is 16.8 Å². The SMILES string of the molecule is CCN(CC)S(=O)(=O)c1ccc(NC(=O)C(C)Oc2ccc(N(C)S(C)(=O)=O)cc2)cc1. The minimum atomic E-state index is -3.57. The van der Waals surface area contributed by atoms with Crippen LogP contribution in [0.25, 0.3) is 0 Å². The van der Waals surface area contributed by atoms with E-state index in [-0.39, 0.29) is 4.90 Å². The van der Waals surface area contributed by atoms with E-state index >= 15 is 0 Å². The largest absolute Gasteiger partial charge is 0.481 e. The smallest absolute Gasteiger partial charge is 0.265 e. The minimum Gasteiger partial charge on any atom is -0.481 e. The molecule has 0 saturated heterocycles. The lowest BCUT2D eigenvalue weighted by molar-refractivity contribution is -0.122. The Hall–Kier alpha value is -2.63. The first-order valence-corrected chi connectivity index (χ1v) is 13.3. The van der Waals surface area contributed by atoms with Gasteiger partial charge in [0.15, 0.2) is 6.10 Å². The molecule has 0 aromatic heterocycles. The van der Waals surface area contributed by atoms with Gasteiger partial charge in [-0.05, 0) is 55.5 Å². The number of carbonyl (C=O) groups excluding carboxylic acids is 1. The van der Waals surface area contributed by atoms with Crippen LogP contribution in [0.4, 0.5) is 11.4 Å². The third-order valence-electron chi connectivity index (χ3n) is 4.84. The van der Waals surface area contributed by atoms with Gasteiger partial charge in [-0.1, -0.05) is 13.8 Å². The highest BCUT2D eigenvalue weighted by molar-refractivity contribution is 7.92. The van der Waals surface area contributed by atoms with Crippen LogP contribution in [0.5, 0.6) is 5.75 Å².